The molecular formula is C11H22N2O2. The Morgan fingerprint density at radius 1 is 1.53 bits per heavy atom. The lowest BCUT2D eigenvalue weighted by molar-refractivity contribution is -0.137. The lowest BCUT2D eigenvalue weighted by Gasteiger charge is -2.39. The zero-order chi connectivity index (χ0) is 11.5. The zero-order valence-electron chi connectivity index (χ0n) is 10.1. The van der Waals surface area contributed by atoms with Gasteiger partial charge in [0.1, 0.15) is 6.61 Å². The van der Waals surface area contributed by atoms with Gasteiger partial charge in [-0.1, -0.05) is 6.92 Å². The molecule has 0 unspecified atom stereocenters. The van der Waals surface area contributed by atoms with E-state index in [4.69, 9.17) is 4.74 Å². The van der Waals surface area contributed by atoms with Crippen LogP contribution in [-0.2, 0) is 9.53 Å². The van der Waals surface area contributed by atoms with Crippen LogP contribution in [0.1, 0.15) is 34.1 Å². The highest BCUT2D eigenvalue weighted by Gasteiger charge is 2.33. The van der Waals surface area contributed by atoms with Crippen LogP contribution in [0.15, 0.2) is 0 Å². The highest BCUT2D eigenvalue weighted by molar-refractivity contribution is 5.78. The van der Waals surface area contributed by atoms with E-state index in [1.165, 1.54) is 0 Å². The Labute approximate surface area is 91.8 Å². The van der Waals surface area contributed by atoms with Crippen molar-refractivity contribution in [3.05, 3.63) is 0 Å². The van der Waals surface area contributed by atoms with E-state index in [2.05, 4.69) is 17.6 Å². The fourth-order valence-electron chi connectivity index (χ4n) is 1.32. The molecular weight excluding hydrogens is 192 g/mol. The molecule has 2 N–H and O–H groups in total. The number of carbonyl (C=O) groups excluding carboxylic acids is 1. The predicted molar refractivity (Wildman–Crippen MR) is 59.7 cm³/mol. The molecule has 0 saturated carbocycles. The molecule has 15 heavy (non-hydrogen) atoms. The van der Waals surface area contributed by atoms with Crippen LogP contribution >= 0.6 is 0 Å². The van der Waals surface area contributed by atoms with Gasteiger partial charge in [-0.25, -0.2) is 0 Å². The van der Waals surface area contributed by atoms with Crippen LogP contribution in [0.2, 0.25) is 0 Å². The third-order valence-corrected chi connectivity index (χ3v) is 2.91. The largest absolute Gasteiger partial charge is 0.363 e. The zero-order valence-corrected chi connectivity index (χ0v) is 10.1. The fourth-order valence-corrected chi connectivity index (χ4v) is 1.32. The molecule has 0 atom stereocenters. The highest BCUT2D eigenvalue weighted by Crippen LogP contribution is 2.15. The number of rotatable bonds is 5. The summed E-state index contributed by atoms with van der Waals surface area (Å²) in [4.78, 5) is 11.5. The van der Waals surface area contributed by atoms with Crippen molar-refractivity contribution in [3.63, 3.8) is 0 Å². The molecule has 1 rings (SSSR count). The maximum Gasteiger partial charge on any atom is 0.246 e. The van der Waals surface area contributed by atoms with Crippen molar-refractivity contribution in [2.75, 3.05) is 19.7 Å². The van der Waals surface area contributed by atoms with Crippen molar-refractivity contribution in [1.29, 1.82) is 0 Å². The number of nitrogens with one attached hydrogen (secondary N) is 2. The van der Waals surface area contributed by atoms with Gasteiger partial charge in [0.2, 0.25) is 5.91 Å². The molecule has 0 aliphatic carbocycles. The van der Waals surface area contributed by atoms with E-state index >= 15 is 0 Å². The van der Waals surface area contributed by atoms with Gasteiger partial charge in [0.15, 0.2) is 0 Å². The van der Waals surface area contributed by atoms with Crippen molar-refractivity contribution in [3.8, 4) is 0 Å². The minimum Gasteiger partial charge on any atom is -0.363 e. The first-order valence-electron chi connectivity index (χ1n) is 5.53. The normalized spacial score (nSPS) is 19.5. The van der Waals surface area contributed by atoms with E-state index in [1.54, 1.807) is 0 Å². The summed E-state index contributed by atoms with van der Waals surface area (Å²) in [5.74, 6) is -0.0324. The second-order valence-corrected chi connectivity index (χ2v) is 5.13. The summed E-state index contributed by atoms with van der Waals surface area (Å²) in [6, 6.07) is 0. The first kappa shape index (κ1) is 12.5. The van der Waals surface area contributed by atoms with E-state index in [0.717, 1.165) is 19.5 Å². The molecule has 88 valence electrons. The van der Waals surface area contributed by atoms with Crippen LogP contribution in [-0.4, -0.2) is 36.7 Å². The molecule has 0 aromatic rings. The second-order valence-electron chi connectivity index (χ2n) is 5.13. The quantitative estimate of drug-likeness (QED) is 0.707. The summed E-state index contributed by atoms with van der Waals surface area (Å²) in [6.07, 6.45) is 0.914. The van der Waals surface area contributed by atoms with Gasteiger partial charge in [-0.15, -0.1) is 0 Å². The summed E-state index contributed by atoms with van der Waals surface area (Å²) in [5, 5.41) is 6.07. The summed E-state index contributed by atoms with van der Waals surface area (Å²) in [7, 11) is 0. The fraction of sp³-hybridized carbons (Fsp3) is 0.909. The monoisotopic (exact) mass is 214 g/mol. The smallest absolute Gasteiger partial charge is 0.246 e. The Bertz CT molecular complexity index is 235. The molecule has 1 aliphatic heterocycles. The van der Waals surface area contributed by atoms with Crippen LogP contribution in [0.4, 0.5) is 0 Å². The van der Waals surface area contributed by atoms with Crippen LogP contribution in [0, 0.1) is 0 Å². The van der Waals surface area contributed by atoms with Crippen LogP contribution in [0.5, 0.6) is 0 Å². The van der Waals surface area contributed by atoms with E-state index in [0.29, 0.717) is 0 Å². The molecule has 0 bridgehead atoms. The number of amides is 1. The van der Waals surface area contributed by atoms with Gasteiger partial charge in [0.25, 0.3) is 0 Å². The minimum absolute atomic E-state index is 0.0324. The third kappa shape index (κ3) is 3.80. The van der Waals surface area contributed by atoms with Gasteiger partial charge in [-0.05, 0) is 27.2 Å². The Kier molecular flexibility index (Phi) is 3.73. The highest BCUT2D eigenvalue weighted by atomic mass is 16.5. The lowest BCUT2D eigenvalue weighted by Crippen LogP contribution is -2.60. The van der Waals surface area contributed by atoms with Crippen molar-refractivity contribution in [2.24, 2.45) is 0 Å². The maximum absolute atomic E-state index is 11.5. The Morgan fingerprint density at radius 3 is 2.53 bits per heavy atom. The molecule has 0 aromatic heterocycles. The summed E-state index contributed by atoms with van der Waals surface area (Å²) < 4.78 is 5.54. The van der Waals surface area contributed by atoms with Gasteiger partial charge >= 0.3 is 0 Å². The van der Waals surface area contributed by atoms with E-state index < -0.39 is 0 Å². The SMILES string of the molecule is CCC(C)(C)NC(=O)COC1(C)CNC1. The average Bonchev–Trinajstić information content (AvgIpc) is 2.11. The lowest BCUT2D eigenvalue weighted by atomic mass is 10.00. The van der Waals surface area contributed by atoms with Crippen molar-refractivity contribution < 1.29 is 9.53 Å². The summed E-state index contributed by atoms with van der Waals surface area (Å²) in [5.41, 5.74) is -0.285. The molecule has 1 heterocycles. The maximum atomic E-state index is 11.5. The van der Waals surface area contributed by atoms with Crippen molar-refractivity contribution in [2.45, 2.75) is 45.3 Å². The minimum atomic E-state index is -0.145. The number of hydrogen-bond acceptors (Lipinski definition) is 3. The molecule has 1 amide bonds. The summed E-state index contributed by atoms with van der Waals surface area (Å²) >= 11 is 0. The van der Waals surface area contributed by atoms with Crippen LogP contribution in [0.25, 0.3) is 0 Å². The molecule has 0 radical (unpaired) electrons. The van der Waals surface area contributed by atoms with Gasteiger partial charge in [0.05, 0.1) is 5.60 Å². The molecule has 0 spiro atoms. The van der Waals surface area contributed by atoms with E-state index in [1.807, 2.05) is 20.8 Å². The molecule has 4 heteroatoms. The molecule has 1 saturated heterocycles. The topological polar surface area (TPSA) is 50.4 Å². The predicted octanol–water partition coefficient (Wildman–Crippen LogP) is 0.670. The Balaban J connectivity index is 2.24. The number of carbonyl (C=O) groups is 1. The van der Waals surface area contributed by atoms with Crippen molar-refractivity contribution >= 4 is 5.91 Å². The second kappa shape index (κ2) is 4.49. The molecule has 1 aliphatic rings. The van der Waals surface area contributed by atoms with Crippen LogP contribution < -0.4 is 10.6 Å². The first-order valence-corrected chi connectivity index (χ1v) is 5.53. The number of ether oxygens (including phenoxy) is 1. The standard InChI is InChI=1S/C11H22N2O2/c1-5-10(2,3)13-9(14)6-15-11(4)7-12-8-11/h12H,5-8H2,1-4H3,(H,13,14). The van der Waals surface area contributed by atoms with E-state index in [9.17, 15) is 4.79 Å². The molecule has 0 aromatic carbocycles. The Hall–Kier alpha value is -0.610. The van der Waals surface area contributed by atoms with Gasteiger partial charge in [-0.2, -0.15) is 0 Å². The summed E-state index contributed by atoms with van der Waals surface area (Å²) in [6.45, 7) is 9.91. The van der Waals surface area contributed by atoms with Gasteiger partial charge in [-0.3, -0.25) is 4.79 Å². The molecule has 4 nitrogen and oxygen atoms in total. The third-order valence-electron chi connectivity index (χ3n) is 2.91. The molecule has 1 fully saturated rings. The first-order chi connectivity index (χ1) is 6.87. The van der Waals surface area contributed by atoms with Crippen molar-refractivity contribution in [1.82, 2.24) is 10.6 Å². The van der Waals surface area contributed by atoms with Gasteiger partial charge < -0.3 is 15.4 Å². The van der Waals surface area contributed by atoms with E-state index in [-0.39, 0.29) is 23.7 Å². The van der Waals surface area contributed by atoms with Crippen LogP contribution in [0.3, 0.4) is 0 Å². The Morgan fingerprint density at radius 2 is 2.13 bits per heavy atom. The van der Waals surface area contributed by atoms with Gasteiger partial charge in [0, 0.05) is 18.6 Å². The average molecular weight is 214 g/mol. The number of hydrogen-bond donors (Lipinski definition) is 2.